The lowest BCUT2D eigenvalue weighted by molar-refractivity contribution is -0.0907. The molecular weight excluding hydrogens is 650 g/mol. The number of anilines is 1. The van der Waals surface area contributed by atoms with E-state index in [4.69, 9.17) is 14.2 Å². The second-order valence-electron chi connectivity index (χ2n) is 13.8. The number of urea groups is 1. The molecule has 2 aromatic rings. The molecule has 4 N–H and O–H groups in total. The number of unbranched alkanes of at least 4 members (excludes halogenated alkanes) is 1. The predicted octanol–water partition coefficient (Wildman–Crippen LogP) is 3.65. The van der Waals surface area contributed by atoms with Crippen molar-refractivity contribution < 1.29 is 37.3 Å². The maximum absolute atomic E-state index is 14.3. The number of aliphatic hydroxyl groups is 1. The molecule has 2 fully saturated rings. The number of nitrogens with one attached hydrogen (secondary N) is 3. The van der Waals surface area contributed by atoms with E-state index < -0.39 is 39.8 Å². The zero-order valence-corrected chi connectivity index (χ0v) is 30.1. The zero-order valence-electron chi connectivity index (χ0n) is 29.3. The van der Waals surface area contributed by atoms with Crippen LogP contribution in [0.3, 0.4) is 0 Å². The molecule has 4 rings (SSSR count). The van der Waals surface area contributed by atoms with Crippen molar-refractivity contribution in [2.45, 2.75) is 75.4 Å². The number of amides is 3. The van der Waals surface area contributed by atoms with Crippen molar-refractivity contribution in [3.63, 3.8) is 0 Å². The second-order valence-corrected chi connectivity index (χ2v) is 15.7. The summed E-state index contributed by atoms with van der Waals surface area (Å²) in [5, 5.41) is 20.5. The highest BCUT2D eigenvalue weighted by molar-refractivity contribution is 7.89. The van der Waals surface area contributed by atoms with Gasteiger partial charge in [0, 0.05) is 46.5 Å². The first kappa shape index (κ1) is 38.4. The monoisotopic (exact) mass is 703 g/mol. The van der Waals surface area contributed by atoms with Crippen molar-refractivity contribution in [1.29, 1.82) is 0 Å². The number of hydrogen-bond donors (Lipinski definition) is 4. The van der Waals surface area contributed by atoms with E-state index in [1.807, 2.05) is 44.2 Å². The SMILES string of the molecule is CNc1cccc(S(=O)(=O)N(C[C@@H](O)[C@H](Cc2ccccc2)NC(=O)O[C@H]2CO[C@H]3OCC[C@H]32)CC(C)(C)CCCCNC(=O)N(C)C)c1. The number of carbonyl (C=O) groups excluding carboxylic acids is 2. The summed E-state index contributed by atoms with van der Waals surface area (Å²) in [6, 6.07) is 14.9. The number of carbonyl (C=O) groups is 2. The van der Waals surface area contributed by atoms with Gasteiger partial charge in [0.25, 0.3) is 0 Å². The van der Waals surface area contributed by atoms with Crippen molar-refractivity contribution >= 4 is 27.8 Å². The van der Waals surface area contributed by atoms with Gasteiger partial charge in [0.15, 0.2) is 6.29 Å². The van der Waals surface area contributed by atoms with Crippen molar-refractivity contribution in [3.05, 3.63) is 60.2 Å². The third-order valence-corrected chi connectivity index (χ3v) is 10.8. The molecule has 0 bridgehead atoms. The van der Waals surface area contributed by atoms with Gasteiger partial charge in [0.2, 0.25) is 10.0 Å². The molecule has 0 unspecified atom stereocenters. The standard InChI is InChI=1S/C35H53N5O8S/c1-35(2,17-9-10-18-37-33(42)39(4)5)24-40(49(44,45)27-15-11-14-26(21-27)36-3)22-30(41)29(20-25-12-7-6-8-13-25)38-34(43)48-31-23-47-32-28(31)16-19-46-32/h6-8,11-15,21,28-32,36,41H,9-10,16-20,22-24H2,1-5H3,(H,37,42)(H,38,43)/t28-,29-,30+,31-,32+/m0/s1. The molecule has 13 nitrogen and oxygen atoms in total. The predicted molar refractivity (Wildman–Crippen MR) is 187 cm³/mol. The minimum Gasteiger partial charge on any atom is -0.443 e. The van der Waals surface area contributed by atoms with Crippen LogP contribution >= 0.6 is 0 Å². The lowest BCUT2D eigenvalue weighted by Crippen LogP contribution is -2.52. The molecule has 2 saturated heterocycles. The van der Waals surface area contributed by atoms with Crippen LogP contribution in [0.4, 0.5) is 15.3 Å². The summed E-state index contributed by atoms with van der Waals surface area (Å²) in [4.78, 5) is 26.7. The van der Waals surface area contributed by atoms with Crippen LogP contribution in [0.25, 0.3) is 0 Å². The van der Waals surface area contributed by atoms with Crippen LogP contribution in [0.5, 0.6) is 0 Å². The van der Waals surface area contributed by atoms with Crippen molar-refractivity contribution in [3.8, 4) is 0 Å². The Morgan fingerprint density at radius 3 is 2.55 bits per heavy atom. The van der Waals surface area contributed by atoms with Crippen LogP contribution in [-0.2, 0) is 30.7 Å². The maximum atomic E-state index is 14.3. The van der Waals surface area contributed by atoms with Gasteiger partial charge in [-0.1, -0.05) is 56.7 Å². The van der Waals surface area contributed by atoms with Crippen molar-refractivity contribution in [2.24, 2.45) is 11.3 Å². The number of benzene rings is 2. The quantitative estimate of drug-likeness (QED) is 0.181. The van der Waals surface area contributed by atoms with Crippen LogP contribution in [0.15, 0.2) is 59.5 Å². The van der Waals surface area contributed by atoms with Gasteiger partial charge in [-0.25, -0.2) is 18.0 Å². The Morgan fingerprint density at radius 2 is 1.84 bits per heavy atom. The molecule has 3 amide bonds. The summed E-state index contributed by atoms with van der Waals surface area (Å²) >= 11 is 0. The Kier molecular flexibility index (Phi) is 13.7. The Morgan fingerprint density at radius 1 is 1.08 bits per heavy atom. The van der Waals surface area contributed by atoms with Crippen LogP contribution in [0.2, 0.25) is 0 Å². The Hall–Kier alpha value is -3.43. The smallest absolute Gasteiger partial charge is 0.407 e. The molecule has 2 aromatic carbocycles. The van der Waals surface area contributed by atoms with Crippen molar-refractivity contribution in [2.75, 3.05) is 59.3 Å². The lowest BCUT2D eigenvalue weighted by atomic mass is 9.87. The minimum absolute atomic E-state index is 0.0521. The van der Waals surface area contributed by atoms with E-state index in [1.165, 1.54) is 15.3 Å². The fraction of sp³-hybridized carbons (Fsp3) is 0.600. The summed E-state index contributed by atoms with van der Waals surface area (Å²) in [6.07, 6.45) is 0.283. The first-order valence-electron chi connectivity index (χ1n) is 16.9. The molecule has 2 aliphatic heterocycles. The van der Waals surface area contributed by atoms with Gasteiger partial charge in [-0.2, -0.15) is 4.31 Å². The molecule has 0 spiro atoms. The highest BCUT2D eigenvalue weighted by Gasteiger charge is 2.44. The Bertz CT molecular complexity index is 1480. The van der Waals surface area contributed by atoms with Gasteiger partial charge in [-0.05, 0) is 54.9 Å². The number of fused-ring (bicyclic) bond motifs is 1. The van der Waals surface area contributed by atoms with Crippen LogP contribution in [-0.4, -0.2) is 113 Å². The summed E-state index contributed by atoms with van der Waals surface area (Å²) in [7, 11) is 0.995. The molecule has 0 saturated carbocycles. The van der Waals surface area contributed by atoms with E-state index in [9.17, 15) is 23.1 Å². The minimum atomic E-state index is -4.08. The van der Waals surface area contributed by atoms with E-state index >= 15 is 0 Å². The molecule has 5 atom stereocenters. The molecule has 0 aliphatic carbocycles. The highest BCUT2D eigenvalue weighted by atomic mass is 32.2. The van der Waals surface area contributed by atoms with Gasteiger partial charge >= 0.3 is 12.1 Å². The van der Waals surface area contributed by atoms with E-state index in [1.54, 1.807) is 39.3 Å². The summed E-state index contributed by atoms with van der Waals surface area (Å²) < 4.78 is 46.8. The third-order valence-electron chi connectivity index (χ3n) is 9.03. The third kappa shape index (κ3) is 11.0. The number of nitrogens with zero attached hydrogens (tertiary/aromatic N) is 2. The number of aliphatic hydroxyl groups excluding tert-OH is 1. The fourth-order valence-corrected chi connectivity index (χ4v) is 7.90. The van der Waals surface area contributed by atoms with Crippen molar-refractivity contribution in [1.82, 2.24) is 19.8 Å². The summed E-state index contributed by atoms with van der Waals surface area (Å²) in [5.41, 5.74) is 1.01. The first-order valence-corrected chi connectivity index (χ1v) is 18.4. The molecule has 272 valence electrons. The topological polar surface area (TPSA) is 159 Å². The Labute approximate surface area is 290 Å². The maximum Gasteiger partial charge on any atom is 0.407 e. The molecule has 2 aliphatic rings. The number of rotatable bonds is 17. The van der Waals surface area contributed by atoms with E-state index in [-0.39, 0.29) is 49.3 Å². The zero-order chi connectivity index (χ0) is 35.6. The van der Waals surface area contributed by atoms with Gasteiger partial charge in [-0.15, -0.1) is 0 Å². The molecular formula is C35H53N5O8S. The second kappa shape index (κ2) is 17.5. The van der Waals surface area contributed by atoms with Gasteiger partial charge in [0.1, 0.15) is 6.10 Å². The lowest BCUT2D eigenvalue weighted by Gasteiger charge is -2.35. The van der Waals surface area contributed by atoms with Gasteiger partial charge in [0.05, 0.1) is 36.2 Å². The number of ether oxygens (including phenoxy) is 3. The average molecular weight is 704 g/mol. The van der Waals surface area contributed by atoms with Gasteiger partial charge in [-0.3, -0.25) is 0 Å². The normalized spacial score (nSPS) is 20.3. The average Bonchev–Trinajstić information content (AvgIpc) is 3.69. The van der Waals surface area contributed by atoms with E-state index in [0.29, 0.717) is 25.3 Å². The van der Waals surface area contributed by atoms with Gasteiger partial charge < -0.3 is 40.2 Å². The largest absolute Gasteiger partial charge is 0.443 e. The van der Waals surface area contributed by atoms with E-state index in [2.05, 4.69) is 16.0 Å². The van der Waals surface area contributed by atoms with Crippen LogP contribution in [0.1, 0.15) is 45.1 Å². The first-order chi connectivity index (χ1) is 23.3. The summed E-state index contributed by atoms with van der Waals surface area (Å²) in [6.45, 7) is 5.11. The highest BCUT2D eigenvalue weighted by Crippen LogP contribution is 2.33. The van der Waals surface area contributed by atoms with E-state index in [0.717, 1.165) is 24.8 Å². The molecule has 0 radical (unpaired) electrons. The number of alkyl carbamates (subject to hydrolysis) is 1. The van der Waals surface area contributed by atoms with Crippen LogP contribution in [0, 0.1) is 11.3 Å². The van der Waals surface area contributed by atoms with Crippen LogP contribution < -0.4 is 16.0 Å². The number of hydrogen-bond acceptors (Lipinski definition) is 9. The molecule has 49 heavy (non-hydrogen) atoms. The molecule has 14 heteroatoms. The molecule has 2 heterocycles. The Balaban J connectivity index is 1.52. The summed E-state index contributed by atoms with van der Waals surface area (Å²) in [5.74, 6) is -0.0521. The fourth-order valence-electron chi connectivity index (χ4n) is 6.20. The number of sulfonamides is 1. The molecule has 0 aromatic heterocycles.